The van der Waals surface area contributed by atoms with Crippen LogP contribution in [0.25, 0.3) is 0 Å². The fraction of sp³-hybridized carbons (Fsp3) is 0.647. The summed E-state index contributed by atoms with van der Waals surface area (Å²) in [4.78, 5) is 2.68. The Hall–Kier alpha value is -1.06. The van der Waals surface area contributed by atoms with Gasteiger partial charge in [-0.25, -0.2) is 0 Å². The lowest BCUT2D eigenvalue weighted by atomic mass is 9.99. The molecule has 2 fully saturated rings. The normalized spacial score (nSPS) is 26.4. The van der Waals surface area contributed by atoms with Crippen LogP contribution in [0.2, 0.25) is 0 Å². The molecule has 2 saturated heterocycles. The lowest BCUT2D eigenvalue weighted by molar-refractivity contribution is 0.180. The Morgan fingerprint density at radius 3 is 3.00 bits per heavy atom. The summed E-state index contributed by atoms with van der Waals surface area (Å²) in [5, 5.41) is 3.77. The molecule has 2 heterocycles. The summed E-state index contributed by atoms with van der Waals surface area (Å²) in [6.07, 6.45) is 5.44. The second-order valence-corrected chi connectivity index (χ2v) is 5.92. The van der Waals surface area contributed by atoms with Gasteiger partial charge in [0.15, 0.2) is 0 Å². The van der Waals surface area contributed by atoms with Gasteiger partial charge in [-0.1, -0.05) is 24.6 Å². The molecule has 2 aliphatic rings. The van der Waals surface area contributed by atoms with E-state index >= 15 is 0 Å². The first-order chi connectivity index (χ1) is 9.88. The number of hydrogen-bond donors (Lipinski definition) is 1. The van der Waals surface area contributed by atoms with E-state index in [0.717, 1.165) is 24.9 Å². The Kier molecular flexibility index (Phi) is 4.58. The molecule has 2 aliphatic heterocycles. The Bertz CT molecular complexity index is 435. The van der Waals surface area contributed by atoms with E-state index in [1.54, 1.807) is 0 Å². The van der Waals surface area contributed by atoms with Gasteiger partial charge in [0, 0.05) is 30.7 Å². The van der Waals surface area contributed by atoms with Crippen molar-refractivity contribution in [3.8, 4) is 5.75 Å². The molecule has 0 bridgehead atoms. The summed E-state index contributed by atoms with van der Waals surface area (Å²) in [5.41, 5.74) is 1.28. The highest BCUT2D eigenvalue weighted by molar-refractivity contribution is 5.33. The van der Waals surface area contributed by atoms with Crippen LogP contribution in [-0.2, 0) is 6.54 Å². The Balaban J connectivity index is 1.59. The summed E-state index contributed by atoms with van der Waals surface area (Å²) < 4.78 is 5.71. The number of nitrogens with one attached hydrogen (secondary N) is 1. The molecular formula is C17H26N2O. The predicted molar refractivity (Wildman–Crippen MR) is 82.1 cm³/mol. The molecule has 2 atom stereocenters. The van der Waals surface area contributed by atoms with Gasteiger partial charge in [0.2, 0.25) is 0 Å². The minimum atomic E-state index is 0.657. The van der Waals surface area contributed by atoms with Crippen LogP contribution in [0.1, 0.15) is 38.2 Å². The molecule has 3 nitrogen and oxygen atoms in total. The number of fused-ring (bicyclic) bond motifs is 1. The van der Waals surface area contributed by atoms with Crippen LogP contribution in [-0.4, -0.2) is 36.7 Å². The summed E-state index contributed by atoms with van der Waals surface area (Å²) in [7, 11) is 0. The van der Waals surface area contributed by atoms with Crippen molar-refractivity contribution in [1.82, 2.24) is 10.2 Å². The number of para-hydroxylation sites is 1. The van der Waals surface area contributed by atoms with Crippen LogP contribution in [0.5, 0.6) is 5.75 Å². The quantitative estimate of drug-likeness (QED) is 0.893. The maximum Gasteiger partial charge on any atom is 0.123 e. The van der Waals surface area contributed by atoms with Crippen molar-refractivity contribution in [2.45, 2.75) is 51.2 Å². The number of nitrogens with zero attached hydrogens (tertiary/aromatic N) is 1. The van der Waals surface area contributed by atoms with Crippen molar-refractivity contribution < 1.29 is 4.74 Å². The van der Waals surface area contributed by atoms with Gasteiger partial charge >= 0.3 is 0 Å². The third-order valence-electron chi connectivity index (χ3n) is 4.68. The molecule has 0 spiro atoms. The molecule has 0 radical (unpaired) electrons. The molecule has 0 aliphatic carbocycles. The molecule has 2 unspecified atom stereocenters. The molecule has 110 valence electrons. The average molecular weight is 274 g/mol. The fourth-order valence-corrected chi connectivity index (χ4v) is 3.67. The van der Waals surface area contributed by atoms with E-state index in [1.165, 1.54) is 44.3 Å². The van der Waals surface area contributed by atoms with E-state index < -0.39 is 0 Å². The zero-order valence-electron chi connectivity index (χ0n) is 12.5. The largest absolute Gasteiger partial charge is 0.494 e. The lowest BCUT2D eigenvalue weighted by Crippen LogP contribution is -2.44. The predicted octanol–water partition coefficient (Wildman–Crippen LogP) is 2.80. The molecule has 0 saturated carbocycles. The topological polar surface area (TPSA) is 24.5 Å². The Morgan fingerprint density at radius 2 is 2.10 bits per heavy atom. The van der Waals surface area contributed by atoms with Crippen LogP contribution in [0.4, 0.5) is 0 Å². The van der Waals surface area contributed by atoms with Gasteiger partial charge in [-0.2, -0.15) is 0 Å². The van der Waals surface area contributed by atoms with E-state index in [9.17, 15) is 0 Å². The smallest absolute Gasteiger partial charge is 0.123 e. The molecule has 0 aromatic heterocycles. The van der Waals surface area contributed by atoms with Gasteiger partial charge in [-0.05, 0) is 38.8 Å². The van der Waals surface area contributed by atoms with Crippen LogP contribution >= 0.6 is 0 Å². The molecule has 3 rings (SSSR count). The van der Waals surface area contributed by atoms with E-state index in [1.807, 2.05) is 13.0 Å². The van der Waals surface area contributed by atoms with Crippen molar-refractivity contribution in [2.75, 3.05) is 19.7 Å². The van der Waals surface area contributed by atoms with E-state index in [0.29, 0.717) is 6.04 Å². The summed E-state index contributed by atoms with van der Waals surface area (Å²) in [6, 6.07) is 9.81. The summed E-state index contributed by atoms with van der Waals surface area (Å²) in [6.45, 7) is 6.27. The van der Waals surface area contributed by atoms with Crippen LogP contribution < -0.4 is 10.1 Å². The SMILES string of the molecule is CCOc1ccccc1CNC1CCN2CCCCC12. The van der Waals surface area contributed by atoms with Gasteiger partial charge in [-0.15, -0.1) is 0 Å². The van der Waals surface area contributed by atoms with E-state index in [-0.39, 0.29) is 0 Å². The first kappa shape index (κ1) is 13.9. The summed E-state index contributed by atoms with van der Waals surface area (Å²) >= 11 is 0. The molecule has 3 heteroatoms. The standard InChI is InChI=1S/C17H26N2O/c1-2-20-17-9-4-3-7-14(17)13-18-15-10-12-19-11-6-5-8-16(15)19/h3-4,7,9,15-16,18H,2,5-6,8,10-13H2,1H3. The van der Waals surface area contributed by atoms with Gasteiger partial charge in [-0.3, -0.25) is 4.90 Å². The van der Waals surface area contributed by atoms with Gasteiger partial charge in [0.1, 0.15) is 5.75 Å². The van der Waals surface area contributed by atoms with Gasteiger partial charge in [0.25, 0.3) is 0 Å². The number of rotatable bonds is 5. The van der Waals surface area contributed by atoms with Crippen LogP contribution in [0, 0.1) is 0 Å². The lowest BCUT2D eigenvalue weighted by Gasteiger charge is -2.32. The number of piperidine rings is 1. The highest BCUT2D eigenvalue weighted by Crippen LogP contribution is 2.27. The van der Waals surface area contributed by atoms with Gasteiger partial charge in [0.05, 0.1) is 6.61 Å². The summed E-state index contributed by atoms with van der Waals surface area (Å²) in [5.74, 6) is 1.03. The van der Waals surface area contributed by atoms with Crippen molar-refractivity contribution in [3.05, 3.63) is 29.8 Å². The number of ether oxygens (including phenoxy) is 1. The molecular weight excluding hydrogens is 248 g/mol. The molecule has 20 heavy (non-hydrogen) atoms. The first-order valence-corrected chi connectivity index (χ1v) is 8.06. The zero-order valence-corrected chi connectivity index (χ0v) is 12.5. The molecule has 1 aromatic carbocycles. The first-order valence-electron chi connectivity index (χ1n) is 8.06. The molecule has 1 N–H and O–H groups in total. The minimum Gasteiger partial charge on any atom is -0.494 e. The van der Waals surface area contributed by atoms with Crippen molar-refractivity contribution in [3.63, 3.8) is 0 Å². The third-order valence-corrected chi connectivity index (χ3v) is 4.68. The van der Waals surface area contributed by atoms with Crippen LogP contribution in [0.3, 0.4) is 0 Å². The number of benzene rings is 1. The minimum absolute atomic E-state index is 0.657. The third kappa shape index (κ3) is 2.99. The van der Waals surface area contributed by atoms with E-state index in [4.69, 9.17) is 4.74 Å². The van der Waals surface area contributed by atoms with E-state index in [2.05, 4.69) is 28.4 Å². The Labute approximate surface area is 122 Å². The van der Waals surface area contributed by atoms with Crippen molar-refractivity contribution >= 4 is 0 Å². The second kappa shape index (κ2) is 6.59. The van der Waals surface area contributed by atoms with Crippen molar-refractivity contribution in [1.29, 1.82) is 0 Å². The highest BCUT2D eigenvalue weighted by Gasteiger charge is 2.34. The highest BCUT2D eigenvalue weighted by atomic mass is 16.5. The van der Waals surface area contributed by atoms with Gasteiger partial charge < -0.3 is 10.1 Å². The monoisotopic (exact) mass is 274 g/mol. The Morgan fingerprint density at radius 1 is 1.20 bits per heavy atom. The molecule has 0 amide bonds. The fourth-order valence-electron chi connectivity index (χ4n) is 3.67. The maximum atomic E-state index is 5.71. The zero-order chi connectivity index (χ0) is 13.8. The van der Waals surface area contributed by atoms with Crippen LogP contribution in [0.15, 0.2) is 24.3 Å². The van der Waals surface area contributed by atoms with Crippen molar-refractivity contribution in [2.24, 2.45) is 0 Å². The average Bonchev–Trinajstić information content (AvgIpc) is 2.90. The maximum absolute atomic E-state index is 5.71. The number of hydrogen-bond acceptors (Lipinski definition) is 3. The second-order valence-electron chi connectivity index (χ2n) is 5.92. The molecule has 1 aromatic rings.